The van der Waals surface area contributed by atoms with Crippen molar-refractivity contribution in [3.05, 3.63) is 36.7 Å². The number of rotatable bonds is 3. The van der Waals surface area contributed by atoms with Crippen molar-refractivity contribution in [2.24, 2.45) is 0 Å². The summed E-state index contributed by atoms with van der Waals surface area (Å²) in [6.07, 6.45) is 9.81. The van der Waals surface area contributed by atoms with Gasteiger partial charge in [0.25, 0.3) is 0 Å². The molecule has 1 aliphatic heterocycles. The van der Waals surface area contributed by atoms with Crippen LogP contribution in [0.5, 0.6) is 0 Å². The first-order valence-electron chi connectivity index (χ1n) is 7.08. The highest BCUT2D eigenvalue weighted by Gasteiger charge is 2.13. The van der Waals surface area contributed by atoms with E-state index < -0.39 is 0 Å². The SMILES string of the molecule is CSc1cccc(-c2cnc(N3CCCCC3)nc2)c1. The Bertz CT molecular complexity index is 562. The number of hydrogen-bond acceptors (Lipinski definition) is 4. The minimum atomic E-state index is 0.870. The Kier molecular flexibility index (Phi) is 4.21. The first-order valence-corrected chi connectivity index (χ1v) is 8.31. The maximum absolute atomic E-state index is 4.54. The molecule has 1 aromatic heterocycles. The van der Waals surface area contributed by atoms with Gasteiger partial charge in [0, 0.05) is 35.9 Å². The molecule has 1 fully saturated rings. The van der Waals surface area contributed by atoms with E-state index in [4.69, 9.17) is 0 Å². The van der Waals surface area contributed by atoms with Gasteiger partial charge in [-0.25, -0.2) is 9.97 Å². The minimum Gasteiger partial charge on any atom is -0.341 e. The van der Waals surface area contributed by atoms with Crippen molar-refractivity contribution in [3.63, 3.8) is 0 Å². The Morgan fingerprint density at radius 1 is 1.00 bits per heavy atom. The zero-order valence-electron chi connectivity index (χ0n) is 11.7. The van der Waals surface area contributed by atoms with Crippen LogP contribution in [0.2, 0.25) is 0 Å². The number of hydrogen-bond donors (Lipinski definition) is 0. The van der Waals surface area contributed by atoms with Gasteiger partial charge in [-0.3, -0.25) is 0 Å². The number of anilines is 1. The smallest absolute Gasteiger partial charge is 0.225 e. The van der Waals surface area contributed by atoms with Gasteiger partial charge in [-0.05, 0) is 43.2 Å². The van der Waals surface area contributed by atoms with E-state index in [0.717, 1.165) is 24.6 Å². The van der Waals surface area contributed by atoms with Crippen molar-refractivity contribution in [1.82, 2.24) is 9.97 Å². The van der Waals surface area contributed by atoms with Gasteiger partial charge in [0.05, 0.1) is 0 Å². The normalized spacial score (nSPS) is 15.3. The number of benzene rings is 1. The van der Waals surface area contributed by atoms with Gasteiger partial charge in [-0.15, -0.1) is 11.8 Å². The van der Waals surface area contributed by atoms with Crippen molar-refractivity contribution < 1.29 is 0 Å². The number of piperidine rings is 1. The van der Waals surface area contributed by atoms with E-state index in [1.165, 1.54) is 29.7 Å². The molecule has 1 saturated heterocycles. The summed E-state index contributed by atoms with van der Waals surface area (Å²) >= 11 is 1.75. The van der Waals surface area contributed by atoms with Crippen LogP contribution in [0, 0.1) is 0 Å². The van der Waals surface area contributed by atoms with E-state index in [1.807, 2.05) is 12.4 Å². The second-order valence-corrected chi connectivity index (χ2v) is 5.93. The second-order valence-electron chi connectivity index (χ2n) is 5.05. The number of thioether (sulfide) groups is 1. The lowest BCUT2D eigenvalue weighted by atomic mass is 10.1. The second kappa shape index (κ2) is 6.27. The van der Waals surface area contributed by atoms with Crippen LogP contribution in [0.1, 0.15) is 19.3 Å². The van der Waals surface area contributed by atoms with Gasteiger partial charge in [0.2, 0.25) is 5.95 Å². The predicted octanol–water partition coefficient (Wildman–Crippen LogP) is 3.86. The first kappa shape index (κ1) is 13.4. The van der Waals surface area contributed by atoms with Crippen LogP contribution in [0.4, 0.5) is 5.95 Å². The van der Waals surface area contributed by atoms with Crippen molar-refractivity contribution in [2.45, 2.75) is 24.2 Å². The van der Waals surface area contributed by atoms with Crippen molar-refractivity contribution in [2.75, 3.05) is 24.2 Å². The maximum Gasteiger partial charge on any atom is 0.225 e. The third kappa shape index (κ3) is 2.96. The highest BCUT2D eigenvalue weighted by Crippen LogP contribution is 2.24. The largest absolute Gasteiger partial charge is 0.341 e. The van der Waals surface area contributed by atoms with Gasteiger partial charge in [-0.2, -0.15) is 0 Å². The Morgan fingerprint density at radius 2 is 1.75 bits per heavy atom. The first-order chi connectivity index (χ1) is 9.86. The molecule has 104 valence electrons. The summed E-state index contributed by atoms with van der Waals surface area (Å²) in [5.74, 6) is 0.870. The molecule has 0 atom stereocenters. The van der Waals surface area contributed by atoms with Gasteiger partial charge in [0.15, 0.2) is 0 Å². The monoisotopic (exact) mass is 285 g/mol. The van der Waals surface area contributed by atoms with E-state index in [2.05, 4.69) is 45.4 Å². The Balaban J connectivity index is 1.81. The standard InChI is InChI=1S/C16H19N3S/c1-20-15-7-5-6-13(10-15)14-11-17-16(18-12-14)19-8-3-2-4-9-19/h5-7,10-12H,2-4,8-9H2,1H3. The van der Waals surface area contributed by atoms with E-state index in [9.17, 15) is 0 Å². The maximum atomic E-state index is 4.54. The topological polar surface area (TPSA) is 29.0 Å². The summed E-state index contributed by atoms with van der Waals surface area (Å²) in [5, 5.41) is 0. The summed E-state index contributed by atoms with van der Waals surface area (Å²) in [5.41, 5.74) is 2.27. The Hall–Kier alpha value is -1.55. The molecule has 1 aromatic carbocycles. The molecule has 0 bridgehead atoms. The van der Waals surface area contributed by atoms with Crippen LogP contribution in [-0.2, 0) is 0 Å². The Labute approximate surface area is 124 Å². The van der Waals surface area contributed by atoms with Crippen LogP contribution in [0.3, 0.4) is 0 Å². The zero-order chi connectivity index (χ0) is 13.8. The molecule has 0 radical (unpaired) electrons. The van der Waals surface area contributed by atoms with Crippen molar-refractivity contribution in [1.29, 1.82) is 0 Å². The molecule has 4 heteroatoms. The van der Waals surface area contributed by atoms with Gasteiger partial charge < -0.3 is 4.90 Å². The average Bonchev–Trinajstić information content (AvgIpc) is 2.56. The molecular weight excluding hydrogens is 266 g/mol. The highest BCUT2D eigenvalue weighted by molar-refractivity contribution is 7.98. The van der Waals surface area contributed by atoms with E-state index >= 15 is 0 Å². The van der Waals surface area contributed by atoms with Crippen LogP contribution in [0.15, 0.2) is 41.6 Å². The molecule has 3 rings (SSSR count). The van der Waals surface area contributed by atoms with Crippen molar-refractivity contribution in [3.8, 4) is 11.1 Å². The molecule has 2 aromatic rings. The zero-order valence-corrected chi connectivity index (χ0v) is 12.6. The lowest BCUT2D eigenvalue weighted by Crippen LogP contribution is -2.30. The predicted molar refractivity (Wildman–Crippen MR) is 85.3 cm³/mol. The van der Waals surface area contributed by atoms with Gasteiger partial charge in [0.1, 0.15) is 0 Å². The van der Waals surface area contributed by atoms with Crippen LogP contribution >= 0.6 is 11.8 Å². The minimum absolute atomic E-state index is 0.870. The van der Waals surface area contributed by atoms with Gasteiger partial charge >= 0.3 is 0 Å². The fourth-order valence-electron chi connectivity index (χ4n) is 2.53. The number of aromatic nitrogens is 2. The van der Waals surface area contributed by atoms with Crippen LogP contribution in [-0.4, -0.2) is 29.3 Å². The summed E-state index contributed by atoms with van der Waals surface area (Å²) in [6, 6.07) is 8.50. The quantitative estimate of drug-likeness (QED) is 0.801. The molecule has 20 heavy (non-hydrogen) atoms. The van der Waals surface area contributed by atoms with E-state index in [-0.39, 0.29) is 0 Å². The summed E-state index contributed by atoms with van der Waals surface area (Å²) in [7, 11) is 0. The molecule has 1 aliphatic rings. The van der Waals surface area contributed by atoms with E-state index in [1.54, 1.807) is 11.8 Å². The average molecular weight is 285 g/mol. The molecule has 0 saturated carbocycles. The lowest BCUT2D eigenvalue weighted by molar-refractivity contribution is 0.568. The fraction of sp³-hybridized carbons (Fsp3) is 0.375. The van der Waals surface area contributed by atoms with Crippen LogP contribution < -0.4 is 4.90 Å². The fourth-order valence-corrected chi connectivity index (χ4v) is 2.99. The molecule has 2 heterocycles. The molecular formula is C16H19N3S. The van der Waals surface area contributed by atoms with Crippen molar-refractivity contribution >= 4 is 17.7 Å². The molecule has 3 nitrogen and oxygen atoms in total. The summed E-state index contributed by atoms with van der Waals surface area (Å²) < 4.78 is 0. The molecule has 0 unspecified atom stereocenters. The highest BCUT2D eigenvalue weighted by atomic mass is 32.2. The van der Waals surface area contributed by atoms with E-state index in [0.29, 0.717) is 0 Å². The lowest BCUT2D eigenvalue weighted by Gasteiger charge is -2.26. The molecule has 0 spiro atoms. The molecule has 0 amide bonds. The number of nitrogens with zero attached hydrogens (tertiary/aromatic N) is 3. The summed E-state index contributed by atoms with van der Waals surface area (Å²) in [6.45, 7) is 2.17. The third-order valence-corrected chi connectivity index (χ3v) is 4.41. The molecule has 0 N–H and O–H groups in total. The third-order valence-electron chi connectivity index (χ3n) is 3.68. The Morgan fingerprint density at radius 3 is 2.45 bits per heavy atom. The molecule has 0 aliphatic carbocycles. The van der Waals surface area contributed by atoms with Gasteiger partial charge in [-0.1, -0.05) is 12.1 Å². The van der Waals surface area contributed by atoms with Crippen LogP contribution in [0.25, 0.3) is 11.1 Å². The summed E-state index contributed by atoms with van der Waals surface area (Å²) in [4.78, 5) is 12.6.